The number of aliphatic hydroxyl groups is 1. The number of aliphatic carboxylic acids is 2. The summed E-state index contributed by atoms with van der Waals surface area (Å²) in [5, 5.41) is 25.1. The molecular formula is C12H23NO5. The van der Waals surface area contributed by atoms with Gasteiger partial charge in [-0.1, -0.05) is 20.8 Å². The van der Waals surface area contributed by atoms with E-state index in [0.29, 0.717) is 0 Å². The fourth-order valence-corrected chi connectivity index (χ4v) is 1.74. The van der Waals surface area contributed by atoms with Crippen LogP contribution in [0.5, 0.6) is 0 Å². The fraction of sp³-hybridized carbons (Fsp3) is 0.833. The Morgan fingerprint density at radius 3 is 1.61 bits per heavy atom. The Labute approximate surface area is 107 Å². The summed E-state index contributed by atoms with van der Waals surface area (Å²) in [6, 6.07) is 0. The molecule has 1 heterocycles. The van der Waals surface area contributed by atoms with Gasteiger partial charge in [0.15, 0.2) is 0 Å². The number of nitrogens with zero attached hydrogens (tertiary/aromatic N) is 1. The molecule has 0 saturated carbocycles. The SMILES string of the molecule is CN1CCC(O)(C(C)(C)C)CC1.O=C(O)C(=O)O. The van der Waals surface area contributed by atoms with Gasteiger partial charge in [0.05, 0.1) is 5.60 Å². The van der Waals surface area contributed by atoms with Crippen molar-refractivity contribution < 1.29 is 24.9 Å². The van der Waals surface area contributed by atoms with Crippen molar-refractivity contribution >= 4 is 11.9 Å². The summed E-state index contributed by atoms with van der Waals surface area (Å²) in [6.45, 7) is 8.41. The Bertz CT molecular complexity index is 288. The third kappa shape index (κ3) is 5.01. The Balaban J connectivity index is 0.000000411. The van der Waals surface area contributed by atoms with E-state index in [4.69, 9.17) is 19.8 Å². The maximum atomic E-state index is 10.3. The number of hydrogen-bond acceptors (Lipinski definition) is 4. The summed E-state index contributed by atoms with van der Waals surface area (Å²) in [6.07, 6.45) is 1.82. The summed E-state index contributed by atoms with van der Waals surface area (Å²) in [5.74, 6) is -3.65. The van der Waals surface area contributed by atoms with Crippen LogP contribution in [0.15, 0.2) is 0 Å². The summed E-state index contributed by atoms with van der Waals surface area (Å²) in [5.41, 5.74) is -0.423. The highest BCUT2D eigenvalue weighted by Crippen LogP contribution is 2.38. The van der Waals surface area contributed by atoms with Crippen LogP contribution in [-0.4, -0.2) is 57.9 Å². The van der Waals surface area contributed by atoms with E-state index in [-0.39, 0.29) is 5.41 Å². The predicted molar refractivity (Wildman–Crippen MR) is 66.4 cm³/mol. The molecule has 1 aliphatic heterocycles. The zero-order chi connectivity index (χ0) is 14.6. The van der Waals surface area contributed by atoms with Crippen molar-refractivity contribution in [3.8, 4) is 0 Å². The van der Waals surface area contributed by atoms with Gasteiger partial charge in [-0.05, 0) is 25.3 Å². The Morgan fingerprint density at radius 1 is 1.06 bits per heavy atom. The maximum absolute atomic E-state index is 10.3. The second-order valence-corrected chi connectivity index (χ2v) is 5.70. The third-order valence-electron chi connectivity index (χ3n) is 3.39. The number of likely N-dealkylation sites (tertiary alicyclic amines) is 1. The number of piperidine rings is 1. The molecule has 1 aliphatic rings. The first-order valence-corrected chi connectivity index (χ1v) is 5.87. The van der Waals surface area contributed by atoms with E-state index >= 15 is 0 Å². The average Bonchev–Trinajstić information content (AvgIpc) is 2.22. The highest BCUT2D eigenvalue weighted by atomic mass is 16.4. The molecule has 1 fully saturated rings. The van der Waals surface area contributed by atoms with Gasteiger partial charge in [0.25, 0.3) is 0 Å². The van der Waals surface area contributed by atoms with Gasteiger partial charge >= 0.3 is 11.9 Å². The minimum atomic E-state index is -1.82. The molecule has 3 N–H and O–H groups in total. The molecule has 0 spiro atoms. The summed E-state index contributed by atoms with van der Waals surface area (Å²) >= 11 is 0. The molecule has 18 heavy (non-hydrogen) atoms. The van der Waals surface area contributed by atoms with Crippen LogP contribution < -0.4 is 0 Å². The van der Waals surface area contributed by atoms with E-state index in [1.807, 2.05) is 0 Å². The van der Waals surface area contributed by atoms with E-state index in [1.165, 1.54) is 0 Å². The van der Waals surface area contributed by atoms with Crippen LogP contribution in [0.25, 0.3) is 0 Å². The van der Waals surface area contributed by atoms with E-state index < -0.39 is 17.5 Å². The van der Waals surface area contributed by atoms with Crippen LogP contribution in [0.1, 0.15) is 33.6 Å². The quantitative estimate of drug-likeness (QED) is 0.554. The van der Waals surface area contributed by atoms with Crippen molar-refractivity contribution in [1.29, 1.82) is 0 Å². The molecule has 0 bridgehead atoms. The van der Waals surface area contributed by atoms with Crippen LogP contribution in [0.3, 0.4) is 0 Å². The van der Waals surface area contributed by atoms with Gasteiger partial charge in [-0.2, -0.15) is 0 Å². The summed E-state index contributed by atoms with van der Waals surface area (Å²) < 4.78 is 0. The van der Waals surface area contributed by atoms with Gasteiger partial charge in [0, 0.05) is 13.1 Å². The molecular weight excluding hydrogens is 238 g/mol. The van der Waals surface area contributed by atoms with E-state index in [0.717, 1.165) is 25.9 Å². The maximum Gasteiger partial charge on any atom is 0.414 e. The zero-order valence-corrected chi connectivity index (χ0v) is 11.4. The van der Waals surface area contributed by atoms with Crippen LogP contribution >= 0.6 is 0 Å². The first kappa shape index (κ1) is 16.9. The molecule has 0 unspecified atom stereocenters. The van der Waals surface area contributed by atoms with Crippen LogP contribution in [-0.2, 0) is 9.59 Å². The van der Waals surface area contributed by atoms with Gasteiger partial charge in [0.2, 0.25) is 0 Å². The van der Waals surface area contributed by atoms with E-state index in [1.54, 1.807) is 0 Å². The second-order valence-electron chi connectivity index (χ2n) is 5.70. The minimum Gasteiger partial charge on any atom is -0.473 e. The highest BCUT2D eigenvalue weighted by Gasteiger charge is 2.41. The molecule has 1 rings (SSSR count). The second kappa shape index (κ2) is 6.15. The minimum absolute atomic E-state index is 0.0221. The molecule has 0 atom stereocenters. The average molecular weight is 261 g/mol. The smallest absolute Gasteiger partial charge is 0.414 e. The number of rotatable bonds is 0. The molecule has 6 nitrogen and oxygen atoms in total. The highest BCUT2D eigenvalue weighted by molar-refractivity contribution is 6.27. The lowest BCUT2D eigenvalue weighted by Gasteiger charge is -2.45. The van der Waals surface area contributed by atoms with Crippen LogP contribution in [0.4, 0.5) is 0 Å². The predicted octanol–water partition coefficient (Wildman–Crippen LogP) is 0.645. The van der Waals surface area contributed by atoms with Gasteiger partial charge in [-0.25, -0.2) is 9.59 Å². The number of carbonyl (C=O) groups is 2. The molecule has 0 amide bonds. The standard InChI is InChI=1S/C10H21NO.C2H2O4/c1-9(2,3)10(12)5-7-11(4)8-6-10;3-1(4)2(5)6/h12H,5-8H2,1-4H3;(H,3,4)(H,5,6). The summed E-state index contributed by atoms with van der Waals surface area (Å²) in [4.78, 5) is 20.5. The molecule has 106 valence electrons. The van der Waals surface area contributed by atoms with E-state index in [9.17, 15) is 5.11 Å². The van der Waals surface area contributed by atoms with Crippen molar-refractivity contribution in [2.45, 2.75) is 39.2 Å². The largest absolute Gasteiger partial charge is 0.473 e. The van der Waals surface area contributed by atoms with Crippen molar-refractivity contribution in [1.82, 2.24) is 4.90 Å². The fourth-order valence-electron chi connectivity index (χ4n) is 1.74. The van der Waals surface area contributed by atoms with Crippen molar-refractivity contribution in [2.24, 2.45) is 5.41 Å². The van der Waals surface area contributed by atoms with Gasteiger partial charge in [-0.15, -0.1) is 0 Å². The van der Waals surface area contributed by atoms with Crippen molar-refractivity contribution in [3.63, 3.8) is 0 Å². The Hall–Kier alpha value is -1.14. The van der Waals surface area contributed by atoms with Gasteiger partial charge in [0.1, 0.15) is 0 Å². The molecule has 6 heteroatoms. The van der Waals surface area contributed by atoms with Gasteiger partial charge < -0.3 is 20.2 Å². The first-order valence-electron chi connectivity index (χ1n) is 5.87. The van der Waals surface area contributed by atoms with Gasteiger partial charge in [-0.3, -0.25) is 0 Å². The van der Waals surface area contributed by atoms with Crippen LogP contribution in [0, 0.1) is 5.41 Å². The van der Waals surface area contributed by atoms with E-state index in [2.05, 4.69) is 32.7 Å². The van der Waals surface area contributed by atoms with Crippen LogP contribution in [0.2, 0.25) is 0 Å². The lowest BCUT2D eigenvalue weighted by molar-refractivity contribution is -0.159. The molecule has 0 aromatic heterocycles. The lowest BCUT2D eigenvalue weighted by atomic mass is 9.71. The molecule has 1 saturated heterocycles. The molecule has 0 radical (unpaired) electrons. The molecule has 0 aromatic carbocycles. The normalized spacial score (nSPS) is 19.6. The monoisotopic (exact) mass is 261 g/mol. The zero-order valence-electron chi connectivity index (χ0n) is 11.4. The Kier molecular flexibility index (Phi) is 5.76. The first-order chi connectivity index (χ1) is 7.99. The summed E-state index contributed by atoms with van der Waals surface area (Å²) in [7, 11) is 2.11. The van der Waals surface area contributed by atoms with Crippen molar-refractivity contribution in [3.05, 3.63) is 0 Å². The number of carboxylic acids is 2. The number of hydrogen-bond donors (Lipinski definition) is 3. The molecule has 0 aliphatic carbocycles. The third-order valence-corrected chi connectivity index (χ3v) is 3.39. The molecule has 0 aromatic rings. The van der Waals surface area contributed by atoms with Crippen molar-refractivity contribution in [2.75, 3.05) is 20.1 Å². The lowest BCUT2D eigenvalue weighted by Crippen LogP contribution is -2.50. The Morgan fingerprint density at radius 2 is 1.39 bits per heavy atom. The number of carboxylic acid groups (broad SMARTS) is 2. The topological polar surface area (TPSA) is 98.1 Å².